The van der Waals surface area contributed by atoms with Crippen LogP contribution in [0.1, 0.15) is 19.8 Å². The van der Waals surface area contributed by atoms with E-state index in [0.29, 0.717) is 6.42 Å². The summed E-state index contributed by atoms with van der Waals surface area (Å²) < 4.78 is 0. The number of aliphatic hydroxyl groups excluding tert-OH is 2. The number of carbonyl (C=O) groups excluding carboxylic acids is 1. The lowest BCUT2D eigenvalue weighted by atomic mass is 9.99. The van der Waals surface area contributed by atoms with E-state index in [1.807, 2.05) is 0 Å². The zero-order chi connectivity index (χ0) is 8.85. The summed E-state index contributed by atoms with van der Waals surface area (Å²) in [5, 5.41) is 17.7. The van der Waals surface area contributed by atoms with Crippen molar-refractivity contribution < 1.29 is 15.0 Å². The van der Waals surface area contributed by atoms with E-state index in [-0.39, 0.29) is 18.9 Å². The Hall–Kier alpha value is -0.610. The summed E-state index contributed by atoms with van der Waals surface area (Å²) >= 11 is 0. The van der Waals surface area contributed by atoms with Crippen LogP contribution in [0.3, 0.4) is 0 Å². The first kappa shape index (κ1) is 10.4. The molecule has 4 heteroatoms. The van der Waals surface area contributed by atoms with Gasteiger partial charge in [0.25, 0.3) is 0 Å². The van der Waals surface area contributed by atoms with Crippen LogP contribution in [0.2, 0.25) is 0 Å². The van der Waals surface area contributed by atoms with Crippen LogP contribution >= 0.6 is 0 Å². The largest absolute Gasteiger partial charge is 0.396 e. The summed E-state index contributed by atoms with van der Waals surface area (Å²) in [5.74, 6) is -0.588. The normalized spacial score (nSPS) is 15.9. The minimum absolute atomic E-state index is 0.0248. The Morgan fingerprint density at radius 3 is 2.55 bits per heavy atom. The molecule has 0 aromatic carbocycles. The van der Waals surface area contributed by atoms with E-state index in [4.69, 9.17) is 10.8 Å². The molecule has 4 nitrogen and oxygen atoms in total. The smallest absolute Gasteiger partial charge is 0.220 e. The van der Waals surface area contributed by atoms with Crippen molar-refractivity contribution in [2.75, 3.05) is 6.61 Å². The maximum Gasteiger partial charge on any atom is 0.220 e. The van der Waals surface area contributed by atoms with Crippen LogP contribution in [0.5, 0.6) is 0 Å². The summed E-state index contributed by atoms with van der Waals surface area (Å²) in [6, 6.07) is 0. The van der Waals surface area contributed by atoms with Gasteiger partial charge in [0.15, 0.2) is 0 Å². The van der Waals surface area contributed by atoms with E-state index in [2.05, 4.69) is 0 Å². The molecule has 0 radical (unpaired) electrons. The Morgan fingerprint density at radius 1 is 1.64 bits per heavy atom. The third-order valence-electron chi connectivity index (χ3n) is 1.65. The van der Waals surface area contributed by atoms with Crippen LogP contribution in [-0.4, -0.2) is 28.8 Å². The number of hydrogen-bond acceptors (Lipinski definition) is 3. The minimum Gasteiger partial charge on any atom is -0.396 e. The first-order chi connectivity index (χ1) is 5.07. The molecule has 4 N–H and O–H groups in total. The van der Waals surface area contributed by atoms with Gasteiger partial charge in [0.1, 0.15) is 0 Å². The predicted octanol–water partition coefficient (Wildman–Crippen LogP) is -0.759. The molecule has 0 saturated heterocycles. The lowest BCUT2D eigenvalue weighted by molar-refractivity contribution is -0.120. The SMILES string of the molecule is C[C@H](CCO)[C@@H](O)CC(N)=O. The Labute approximate surface area is 66.0 Å². The van der Waals surface area contributed by atoms with Crippen LogP contribution in [0.25, 0.3) is 0 Å². The first-order valence-electron chi connectivity index (χ1n) is 3.65. The second kappa shape index (κ2) is 5.09. The van der Waals surface area contributed by atoms with Gasteiger partial charge in [-0.1, -0.05) is 6.92 Å². The fourth-order valence-electron chi connectivity index (χ4n) is 0.803. The van der Waals surface area contributed by atoms with Crippen LogP contribution in [0, 0.1) is 5.92 Å². The molecule has 1 amide bonds. The van der Waals surface area contributed by atoms with E-state index in [0.717, 1.165) is 0 Å². The van der Waals surface area contributed by atoms with Gasteiger partial charge >= 0.3 is 0 Å². The molecule has 0 fully saturated rings. The number of hydrogen-bond donors (Lipinski definition) is 3. The molecule has 0 unspecified atom stereocenters. The van der Waals surface area contributed by atoms with Crippen LogP contribution in [-0.2, 0) is 4.79 Å². The van der Waals surface area contributed by atoms with Gasteiger partial charge < -0.3 is 15.9 Å². The van der Waals surface area contributed by atoms with Crippen molar-refractivity contribution in [3.05, 3.63) is 0 Å². The molecule has 0 heterocycles. The van der Waals surface area contributed by atoms with E-state index in [1.54, 1.807) is 6.92 Å². The van der Waals surface area contributed by atoms with Gasteiger partial charge in [-0.05, 0) is 12.3 Å². The van der Waals surface area contributed by atoms with E-state index >= 15 is 0 Å². The predicted molar refractivity (Wildman–Crippen MR) is 40.7 cm³/mol. The van der Waals surface area contributed by atoms with Gasteiger partial charge in [-0.2, -0.15) is 0 Å². The summed E-state index contributed by atoms with van der Waals surface area (Å²) in [5.41, 5.74) is 4.87. The highest BCUT2D eigenvalue weighted by Gasteiger charge is 2.15. The van der Waals surface area contributed by atoms with Crippen LogP contribution in [0.15, 0.2) is 0 Å². The van der Waals surface area contributed by atoms with Gasteiger partial charge in [0, 0.05) is 6.61 Å². The number of amides is 1. The quantitative estimate of drug-likeness (QED) is 0.495. The highest BCUT2D eigenvalue weighted by Crippen LogP contribution is 2.09. The van der Waals surface area contributed by atoms with Crippen molar-refractivity contribution in [2.45, 2.75) is 25.9 Å². The Kier molecular flexibility index (Phi) is 4.81. The Morgan fingerprint density at radius 2 is 2.18 bits per heavy atom. The Balaban J connectivity index is 3.63. The van der Waals surface area contributed by atoms with E-state index in [9.17, 15) is 9.90 Å². The number of rotatable bonds is 5. The molecular weight excluding hydrogens is 146 g/mol. The first-order valence-corrected chi connectivity index (χ1v) is 3.65. The second-order valence-corrected chi connectivity index (χ2v) is 2.73. The fraction of sp³-hybridized carbons (Fsp3) is 0.857. The zero-order valence-corrected chi connectivity index (χ0v) is 6.66. The minimum atomic E-state index is -0.723. The maximum absolute atomic E-state index is 10.3. The fourth-order valence-corrected chi connectivity index (χ4v) is 0.803. The average Bonchev–Trinajstić information content (AvgIpc) is 1.86. The van der Waals surface area contributed by atoms with Gasteiger partial charge in [0.2, 0.25) is 5.91 Å². The van der Waals surface area contributed by atoms with Crippen molar-refractivity contribution in [1.82, 2.24) is 0 Å². The lowest BCUT2D eigenvalue weighted by Gasteiger charge is -2.15. The molecule has 0 bridgehead atoms. The summed E-state index contributed by atoms with van der Waals surface area (Å²) in [7, 11) is 0. The number of aliphatic hydroxyl groups is 2. The number of primary amides is 1. The molecule has 0 aromatic heterocycles. The third kappa shape index (κ3) is 4.75. The molecule has 0 rings (SSSR count). The molecule has 0 aliphatic carbocycles. The molecule has 66 valence electrons. The number of carbonyl (C=O) groups is 1. The average molecular weight is 161 g/mol. The Bertz CT molecular complexity index is 127. The van der Waals surface area contributed by atoms with Gasteiger partial charge in [-0.25, -0.2) is 0 Å². The third-order valence-corrected chi connectivity index (χ3v) is 1.65. The molecular formula is C7H15NO3. The summed E-state index contributed by atoms with van der Waals surface area (Å²) in [4.78, 5) is 10.3. The van der Waals surface area contributed by atoms with Crippen molar-refractivity contribution in [3.8, 4) is 0 Å². The van der Waals surface area contributed by atoms with Crippen LogP contribution in [0.4, 0.5) is 0 Å². The van der Waals surface area contributed by atoms with Gasteiger partial charge in [-0.15, -0.1) is 0 Å². The molecule has 0 saturated carbocycles. The monoisotopic (exact) mass is 161 g/mol. The van der Waals surface area contributed by atoms with Crippen molar-refractivity contribution in [1.29, 1.82) is 0 Å². The second-order valence-electron chi connectivity index (χ2n) is 2.73. The molecule has 0 spiro atoms. The molecule has 0 aliphatic heterocycles. The highest BCUT2D eigenvalue weighted by atomic mass is 16.3. The maximum atomic E-state index is 10.3. The molecule has 11 heavy (non-hydrogen) atoms. The van der Waals surface area contributed by atoms with Gasteiger partial charge in [0.05, 0.1) is 12.5 Å². The number of nitrogens with two attached hydrogens (primary N) is 1. The summed E-state index contributed by atoms with van der Waals surface area (Å²) in [6.07, 6.45) is -0.255. The van der Waals surface area contributed by atoms with E-state index < -0.39 is 12.0 Å². The van der Waals surface area contributed by atoms with Crippen LogP contribution < -0.4 is 5.73 Å². The zero-order valence-electron chi connectivity index (χ0n) is 6.66. The standard InChI is InChI=1S/C7H15NO3/c1-5(2-3-9)6(10)4-7(8)11/h5-6,9-10H,2-4H2,1H3,(H2,8,11)/t5-,6+/m1/s1. The molecule has 2 atom stereocenters. The molecule has 0 aromatic rings. The lowest BCUT2D eigenvalue weighted by Crippen LogP contribution is -2.25. The van der Waals surface area contributed by atoms with Crippen molar-refractivity contribution in [2.24, 2.45) is 11.7 Å². The summed E-state index contributed by atoms with van der Waals surface area (Å²) in [6.45, 7) is 1.79. The topological polar surface area (TPSA) is 83.6 Å². The molecule has 0 aliphatic rings. The van der Waals surface area contributed by atoms with Crippen molar-refractivity contribution >= 4 is 5.91 Å². The van der Waals surface area contributed by atoms with Gasteiger partial charge in [-0.3, -0.25) is 4.79 Å². The van der Waals surface area contributed by atoms with Crippen molar-refractivity contribution in [3.63, 3.8) is 0 Å². The highest BCUT2D eigenvalue weighted by molar-refractivity contribution is 5.74. The van der Waals surface area contributed by atoms with E-state index in [1.165, 1.54) is 0 Å².